The molecule has 0 saturated carbocycles. The Morgan fingerprint density at radius 1 is 0.967 bits per heavy atom. The van der Waals surface area contributed by atoms with Crippen molar-refractivity contribution in [2.24, 2.45) is 0 Å². The van der Waals surface area contributed by atoms with Gasteiger partial charge >= 0.3 is 0 Å². The maximum absolute atomic E-state index is 12.3. The summed E-state index contributed by atoms with van der Waals surface area (Å²) in [5, 5.41) is 6.90. The summed E-state index contributed by atoms with van der Waals surface area (Å²) in [6, 6.07) is 22.7. The van der Waals surface area contributed by atoms with Gasteiger partial charge < -0.3 is 14.6 Å². The molecule has 0 saturated heterocycles. The van der Waals surface area contributed by atoms with Crippen molar-refractivity contribution < 1.29 is 14.1 Å². The summed E-state index contributed by atoms with van der Waals surface area (Å²) < 4.78 is 11.2. The van der Waals surface area contributed by atoms with E-state index in [2.05, 4.69) is 15.5 Å². The van der Waals surface area contributed by atoms with Gasteiger partial charge in [-0.1, -0.05) is 58.7 Å². The predicted molar refractivity (Wildman–Crippen MR) is 115 cm³/mol. The summed E-state index contributed by atoms with van der Waals surface area (Å²) >= 11 is 0. The summed E-state index contributed by atoms with van der Waals surface area (Å²) in [7, 11) is 0. The third-order valence-corrected chi connectivity index (χ3v) is 4.51. The maximum atomic E-state index is 12.3. The molecule has 1 N–H and O–H groups in total. The first-order chi connectivity index (χ1) is 14.6. The molecule has 0 radical (unpaired) electrons. The number of carbonyl (C=O) groups is 1. The van der Waals surface area contributed by atoms with E-state index in [9.17, 15) is 4.79 Å². The van der Waals surface area contributed by atoms with Gasteiger partial charge in [-0.25, -0.2) is 0 Å². The molecule has 1 aromatic heterocycles. The molecule has 3 aromatic carbocycles. The van der Waals surface area contributed by atoms with Crippen LogP contribution >= 0.6 is 0 Å². The summed E-state index contributed by atoms with van der Waals surface area (Å²) in [6.45, 7) is 3.87. The van der Waals surface area contributed by atoms with Gasteiger partial charge in [0.05, 0.1) is 5.56 Å². The van der Waals surface area contributed by atoms with Crippen LogP contribution in [0.25, 0.3) is 22.8 Å². The molecule has 0 aliphatic rings. The maximum Gasteiger partial charge on any atom is 0.262 e. The molecule has 0 atom stereocenters. The number of para-hydroxylation sites is 1. The fourth-order valence-electron chi connectivity index (χ4n) is 2.98. The van der Waals surface area contributed by atoms with Crippen LogP contribution in [0.15, 0.2) is 77.3 Å². The third kappa shape index (κ3) is 4.55. The Balaban J connectivity index is 1.48. The Morgan fingerprint density at radius 2 is 1.77 bits per heavy atom. The predicted octanol–water partition coefficient (Wildman–Crippen LogP) is 5.04. The third-order valence-electron chi connectivity index (χ3n) is 4.51. The van der Waals surface area contributed by atoms with Crippen LogP contribution in [0, 0.1) is 13.8 Å². The van der Waals surface area contributed by atoms with E-state index in [-0.39, 0.29) is 12.5 Å². The van der Waals surface area contributed by atoms with E-state index in [0.29, 0.717) is 23.0 Å². The molecule has 0 aliphatic carbocycles. The van der Waals surface area contributed by atoms with Crippen molar-refractivity contribution >= 4 is 11.6 Å². The molecule has 0 unspecified atom stereocenters. The number of amides is 1. The second-order valence-electron chi connectivity index (χ2n) is 6.99. The summed E-state index contributed by atoms with van der Waals surface area (Å²) in [5.41, 5.74) is 4.47. The minimum atomic E-state index is -0.250. The lowest BCUT2D eigenvalue weighted by molar-refractivity contribution is -0.118. The van der Waals surface area contributed by atoms with Crippen LogP contribution in [-0.2, 0) is 4.79 Å². The minimum absolute atomic E-state index is 0.135. The van der Waals surface area contributed by atoms with Gasteiger partial charge in [0.15, 0.2) is 6.61 Å². The molecule has 0 fully saturated rings. The number of ether oxygens (including phenoxy) is 1. The van der Waals surface area contributed by atoms with Crippen LogP contribution in [0.5, 0.6) is 5.75 Å². The molecule has 30 heavy (non-hydrogen) atoms. The first kappa shape index (κ1) is 19.4. The summed E-state index contributed by atoms with van der Waals surface area (Å²) in [5.74, 6) is 1.08. The number of carbonyl (C=O) groups excluding carboxylic acids is 1. The number of aromatic nitrogens is 2. The number of rotatable bonds is 6. The Bertz CT molecular complexity index is 1170. The highest BCUT2D eigenvalue weighted by molar-refractivity contribution is 5.92. The molecule has 1 amide bonds. The van der Waals surface area contributed by atoms with Gasteiger partial charge in [0.25, 0.3) is 11.8 Å². The quantitative estimate of drug-likeness (QED) is 0.492. The second kappa shape index (κ2) is 8.61. The Hall–Kier alpha value is -3.93. The first-order valence-corrected chi connectivity index (χ1v) is 9.58. The zero-order valence-electron chi connectivity index (χ0n) is 16.8. The molecular formula is C24H21N3O3. The molecule has 0 spiro atoms. The fourth-order valence-corrected chi connectivity index (χ4v) is 2.98. The molecule has 0 bridgehead atoms. The summed E-state index contributed by atoms with van der Waals surface area (Å²) in [6.07, 6.45) is 0. The van der Waals surface area contributed by atoms with Crippen molar-refractivity contribution in [3.8, 4) is 28.6 Å². The van der Waals surface area contributed by atoms with E-state index in [0.717, 1.165) is 22.4 Å². The minimum Gasteiger partial charge on any atom is -0.483 e. The van der Waals surface area contributed by atoms with Crippen LogP contribution in [0.2, 0.25) is 0 Å². The van der Waals surface area contributed by atoms with Crippen LogP contribution in [0.1, 0.15) is 11.1 Å². The van der Waals surface area contributed by atoms with Crippen molar-refractivity contribution in [3.63, 3.8) is 0 Å². The van der Waals surface area contributed by atoms with E-state index in [1.54, 1.807) is 6.07 Å². The van der Waals surface area contributed by atoms with Crippen LogP contribution in [-0.4, -0.2) is 22.7 Å². The van der Waals surface area contributed by atoms with Crippen molar-refractivity contribution in [3.05, 3.63) is 83.9 Å². The van der Waals surface area contributed by atoms with E-state index in [1.807, 2.05) is 80.6 Å². The standard InChI is InChI=1S/C24H21N3O3/c1-16-10-12-19(13-11-16)25-22(28)15-29-21-9-4-3-8-20(21)24-26-23(27-30-24)18-7-5-6-17(2)14-18/h3-14H,15H2,1-2H3,(H,25,28). The van der Waals surface area contributed by atoms with Gasteiger partial charge in [0.2, 0.25) is 5.82 Å². The average molecular weight is 399 g/mol. The Labute approximate surface area is 174 Å². The highest BCUT2D eigenvalue weighted by Gasteiger charge is 2.16. The molecule has 6 heteroatoms. The van der Waals surface area contributed by atoms with Gasteiger partial charge in [-0.2, -0.15) is 4.98 Å². The van der Waals surface area contributed by atoms with Gasteiger partial charge in [0.1, 0.15) is 5.75 Å². The van der Waals surface area contributed by atoms with Crippen molar-refractivity contribution in [1.82, 2.24) is 10.1 Å². The largest absolute Gasteiger partial charge is 0.483 e. The molecule has 4 rings (SSSR count). The second-order valence-corrected chi connectivity index (χ2v) is 6.99. The number of benzene rings is 3. The average Bonchev–Trinajstić information content (AvgIpc) is 3.24. The lowest BCUT2D eigenvalue weighted by atomic mass is 10.1. The van der Waals surface area contributed by atoms with Crippen molar-refractivity contribution in [1.29, 1.82) is 0 Å². The number of aryl methyl sites for hydroxylation is 2. The monoisotopic (exact) mass is 399 g/mol. The van der Waals surface area contributed by atoms with E-state index in [4.69, 9.17) is 9.26 Å². The number of nitrogens with zero attached hydrogens (tertiary/aromatic N) is 2. The van der Waals surface area contributed by atoms with Crippen LogP contribution < -0.4 is 10.1 Å². The van der Waals surface area contributed by atoms with Crippen LogP contribution in [0.4, 0.5) is 5.69 Å². The van der Waals surface area contributed by atoms with Gasteiger partial charge in [0, 0.05) is 11.3 Å². The number of nitrogens with one attached hydrogen (secondary N) is 1. The SMILES string of the molecule is Cc1ccc(NC(=O)COc2ccccc2-c2nc(-c3cccc(C)c3)no2)cc1. The zero-order valence-corrected chi connectivity index (χ0v) is 16.8. The van der Waals surface area contributed by atoms with Crippen molar-refractivity contribution in [2.75, 3.05) is 11.9 Å². The van der Waals surface area contributed by atoms with E-state index < -0.39 is 0 Å². The Morgan fingerprint density at radius 3 is 2.57 bits per heavy atom. The van der Waals surface area contributed by atoms with Crippen LogP contribution in [0.3, 0.4) is 0 Å². The lowest BCUT2D eigenvalue weighted by Crippen LogP contribution is -2.20. The number of hydrogen-bond donors (Lipinski definition) is 1. The fraction of sp³-hybridized carbons (Fsp3) is 0.125. The normalized spacial score (nSPS) is 10.6. The number of hydrogen-bond acceptors (Lipinski definition) is 5. The zero-order chi connectivity index (χ0) is 20.9. The Kier molecular flexibility index (Phi) is 5.57. The topological polar surface area (TPSA) is 77.2 Å². The molecule has 150 valence electrons. The molecule has 6 nitrogen and oxygen atoms in total. The molecule has 1 heterocycles. The molecule has 4 aromatic rings. The van der Waals surface area contributed by atoms with Gasteiger partial charge in [-0.3, -0.25) is 4.79 Å². The van der Waals surface area contributed by atoms with E-state index >= 15 is 0 Å². The van der Waals surface area contributed by atoms with Crippen molar-refractivity contribution in [2.45, 2.75) is 13.8 Å². The smallest absolute Gasteiger partial charge is 0.262 e. The first-order valence-electron chi connectivity index (χ1n) is 9.58. The molecule has 0 aliphatic heterocycles. The van der Waals surface area contributed by atoms with E-state index in [1.165, 1.54) is 0 Å². The van der Waals surface area contributed by atoms with Gasteiger partial charge in [-0.05, 0) is 44.2 Å². The highest BCUT2D eigenvalue weighted by Crippen LogP contribution is 2.30. The summed E-state index contributed by atoms with van der Waals surface area (Å²) in [4.78, 5) is 16.7. The number of anilines is 1. The molecular weight excluding hydrogens is 378 g/mol. The lowest BCUT2D eigenvalue weighted by Gasteiger charge is -2.10. The van der Waals surface area contributed by atoms with Gasteiger partial charge in [-0.15, -0.1) is 0 Å². The highest BCUT2D eigenvalue weighted by atomic mass is 16.5.